The highest BCUT2D eigenvalue weighted by atomic mass is 16.5. The van der Waals surface area contributed by atoms with Gasteiger partial charge in [0.2, 0.25) is 0 Å². The summed E-state index contributed by atoms with van der Waals surface area (Å²) in [5.74, 6) is -3.47. The number of carboxylic acids is 2. The lowest BCUT2D eigenvalue weighted by Gasteiger charge is -2.08. The molecule has 0 aromatic rings. The number of rotatable bonds is 8. The zero-order valence-corrected chi connectivity index (χ0v) is 9.09. The number of ether oxygens (including phenoxy) is 1. The van der Waals surface area contributed by atoms with Crippen LogP contribution in [0.25, 0.3) is 0 Å². The average Bonchev–Trinajstić information content (AvgIpc) is 2.22. The van der Waals surface area contributed by atoms with Gasteiger partial charge in [0.15, 0.2) is 6.10 Å². The molecule has 0 radical (unpaired) electrons. The molecule has 0 bridgehead atoms. The van der Waals surface area contributed by atoms with Gasteiger partial charge in [-0.05, 0) is 12.8 Å². The molecule has 17 heavy (non-hydrogen) atoms. The van der Waals surface area contributed by atoms with Crippen molar-refractivity contribution < 1.29 is 34.4 Å². The maximum atomic E-state index is 11.0. The smallest absolute Gasteiger partial charge is 0.335 e. The first-order valence-corrected chi connectivity index (χ1v) is 4.82. The van der Waals surface area contributed by atoms with Gasteiger partial charge in [-0.15, -0.1) is 0 Å². The zero-order chi connectivity index (χ0) is 13.4. The molecule has 0 saturated heterocycles. The van der Waals surface area contributed by atoms with E-state index >= 15 is 0 Å². The molecule has 0 spiro atoms. The fraction of sp³-hybridized carbons (Fsp3) is 0.500. The molecule has 0 aliphatic heterocycles. The van der Waals surface area contributed by atoms with E-state index in [1.165, 1.54) is 0 Å². The number of hydrogen-bond acceptors (Lipinski definition) is 5. The molecule has 0 heterocycles. The fourth-order valence-electron chi connectivity index (χ4n) is 0.910. The summed E-state index contributed by atoms with van der Waals surface area (Å²) in [6.45, 7) is 3.18. The van der Waals surface area contributed by atoms with Crippen LogP contribution in [0.5, 0.6) is 0 Å². The van der Waals surface area contributed by atoms with Crippen LogP contribution in [0, 0.1) is 0 Å². The van der Waals surface area contributed by atoms with E-state index in [1.807, 2.05) is 0 Å². The molecular formula is C10H14O7. The maximum absolute atomic E-state index is 11.0. The first-order chi connectivity index (χ1) is 7.84. The molecular weight excluding hydrogens is 232 g/mol. The Morgan fingerprint density at radius 2 is 1.82 bits per heavy atom. The lowest BCUT2D eigenvalue weighted by Crippen LogP contribution is -2.26. The van der Waals surface area contributed by atoms with Crippen molar-refractivity contribution in [2.24, 2.45) is 0 Å². The van der Waals surface area contributed by atoms with E-state index in [9.17, 15) is 14.4 Å². The van der Waals surface area contributed by atoms with Gasteiger partial charge in [-0.25, -0.2) is 9.59 Å². The van der Waals surface area contributed by atoms with Crippen LogP contribution >= 0.6 is 0 Å². The summed E-state index contributed by atoms with van der Waals surface area (Å²) >= 11 is 0. The zero-order valence-electron chi connectivity index (χ0n) is 9.09. The van der Waals surface area contributed by atoms with Crippen molar-refractivity contribution in [2.75, 3.05) is 6.61 Å². The summed E-state index contributed by atoms with van der Waals surface area (Å²) in [7, 11) is 0. The normalized spacial score (nSPS) is 11.6. The molecule has 0 rings (SSSR count). The second kappa shape index (κ2) is 7.39. The number of aliphatic hydroxyl groups is 1. The number of carboxylic acid groups (broad SMARTS) is 2. The van der Waals surface area contributed by atoms with Crippen molar-refractivity contribution in [1.29, 1.82) is 0 Å². The van der Waals surface area contributed by atoms with Crippen LogP contribution < -0.4 is 0 Å². The number of carbonyl (C=O) groups is 3. The number of aliphatic hydroxyl groups excluding tert-OH is 1. The molecule has 0 aromatic heterocycles. The SMILES string of the molecule is C=C(CCCOC(=O)C(O)CC(=O)O)C(=O)O. The van der Waals surface area contributed by atoms with Crippen LogP contribution in [0.15, 0.2) is 12.2 Å². The van der Waals surface area contributed by atoms with E-state index in [-0.39, 0.29) is 25.0 Å². The Balaban J connectivity index is 3.75. The Morgan fingerprint density at radius 3 is 2.29 bits per heavy atom. The standard InChI is InChI=1S/C10H14O7/c1-6(9(14)15)3-2-4-17-10(16)7(11)5-8(12)13/h7,11H,1-5H2,(H,12,13)(H,14,15). The van der Waals surface area contributed by atoms with Crippen LogP contribution in [0.4, 0.5) is 0 Å². The molecule has 1 atom stereocenters. The minimum atomic E-state index is -1.70. The van der Waals surface area contributed by atoms with E-state index < -0.39 is 30.4 Å². The van der Waals surface area contributed by atoms with Crippen LogP contribution in [-0.2, 0) is 19.1 Å². The highest BCUT2D eigenvalue weighted by molar-refractivity contribution is 5.85. The van der Waals surface area contributed by atoms with Crippen LogP contribution in [0.3, 0.4) is 0 Å². The third-order valence-electron chi connectivity index (χ3n) is 1.81. The van der Waals surface area contributed by atoms with Gasteiger partial charge >= 0.3 is 17.9 Å². The van der Waals surface area contributed by atoms with Gasteiger partial charge in [-0.3, -0.25) is 4.79 Å². The molecule has 3 N–H and O–H groups in total. The van der Waals surface area contributed by atoms with E-state index in [2.05, 4.69) is 11.3 Å². The minimum absolute atomic E-state index is 0.00728. The lowest BCUT2D eigenvalue weighted by atomic mass is 10.2. The molecule has 96 valence electrons. The van der Waals surface area contributed by atoms with E-state index in [0.717, 1.165) is 0 Å². The first kappa shape index (κ1) is 15.1. The van der Waals surface area contributed by atoms with Crippen LogP contribution in [-0.4, -0.2) is 45.9 Å². The molecule has 1 unspecified atom stereocenters. The number of esters is 1. The average molecular weight is 246 g/mol. The van der Waals surface area contributed by atoms with Crippen molar-refractivity contribution in [3.8, 4) is 0 Å². The second-order valence-corrected chi connectivity index (χ2v) is 3.29. The predicted molar refractivity (Wildman–Crippen MR) is 55.2 cm³/mol. The Hall–Kier alpha value is -1.89. The molecule has 0 aliphatic carbocycles. The summed E-state index contributed by atoms with van der Waals surface area (Å²) in [6, 6.07) is 0. The highest BCUT2D eigenvalue weighted by Crippen LogP contribution is 2.03. The third kappa shape index (κ3) is 7.07. The first-order valence-electron chi connectivity index (χ1n) is 4.82. The Bertz CT molecular complexity index is 321. The van der Waals surface area contributed by atoms with Gasteiger partial charge in [0.1, 0.15) is 0 Å². The lowest BCUT2D eigenvalue weighted by molar-refractivity contribution is -0.158. The van der Waals surface area contributed by atoms with Gasteiger partial charge in [0, 0.05) is 5.57 Å². The minimum Gasteiger partial charge on any atom is -0.481 e. The Morgan fingerprint density at radius 1 is 1.24 bits per heavy atom. The van der Waals surface area contributed by atoms with Crippen molar-refractivity contribution >= 4 is 17.9 Å². The van der Waals surface area contributed by atoms with Gasteiger partial charge < -0.3 is 20.1 Å². The molecule has 7 nitrogen and oxygen atoms in total. The molecule has 0 aliphatic rings. The van der Waals surface area contributed by atoms with Gasteiger partial charge in [-0.2, -0.15) is 0 Å². The van der Waals surface area contributed by atoms with E-state index in [1.54, 1.807) is 0 Å². The van der Waals surface area contributed by atoms with Gasteiger partial charge in [0.25, 0.3) is 0 Å². The largest absolute Gasteiger partial charge is 0.481 e. The van der Waals surface area contributed by atoms with Crippen LogP contribution in [0.2, 0.25) is 0 Å². The van der Waals surface area contributed by atoms with E-state index in [4.69, 9.17) is 15.3 Å². The summed E-state index contributed by atoms with van der Waals surface area (Å²) < 4.78 is 4.55. The van der Waals surface area contributed by atoms with Crippen molar-refractivity contribution in [3.63, 3.8) is 0 Å². The quantitative estimate of drug-likeness (QED) is 0.307. The van der Waals surface area contributed by atoms with Crippen molar-refractivity contribution in [1.82, 2.24) is 0 Å². The van der Waals surface area contributed by atoms with Crippen molar-refractivity contribution in [3.05, 3.63) is 12.2 Å². The number of carbonyl (C=O) groups excluding carboxylic acids is 1. The Labute approximate surface area is 97.3 Å². The molecule has 0 amide bonds. The molecule has 0 fully saturated rings. The summed E-state index contributed by atoms with van der Waals surface area (Å²) in [5, 5.41) is 25.8. The van der Waals surface area contributed by atoms with Crippen molar-refractivity contribution in [2.45, 2.75) is 25.4 Å². The second-order valence-electron chi connectivity index (χ2n) is 3.29. The van der Waals surface area contributed by atoms with Gasteiger partial charge in [-0.1, -0.05) is 6.58 Å². The van der Waals surface area contributed by atoms with Crippen LogP contribution in [0.1, 0.15) is 19.3 Å². The molecule has 0 saturated carbocycles. The third-order valence-corrected chi connectivity index (χ3v) is 1.81. The highest BCUT2D eigenvalue weighted by Gasteiger charge is 2.19. The predicted octanol–water partition coefficient (Wildman–Crippen LogP) is -0.214. The van der Waals surface area contributed by atoms with Gasteiger partial charge in [0.05, 0.1) is 13.0 Å². The maximum Gasteiger partial charge on any atom is 0.335 e. The summed E-state index contributed by atoms with van der Waals surface area (Å²) in [5.41, 5.74) is -0.00728. The summed E-state index contributed by atoms with van der Waals surface area (Å²) in [4.78, 5) is 31.5. The Kier molecular flexibility index (Phi) is 6.57. The molecule has 7 heteroatoms. The van der Waals surface area contributed by atoms with E-state index in [0.29, 0.717) is 0 Å². The molecule has 0 aromatic carbocycles. The fourth-order valence-corrected chi connectivity index (χ4v) is 0.910. The summed E-state index contributed by atoms with van der Waals surface area (Å²) in [6.07, 6.45) is -2.02. The monoisotopic (exact) mass is 246 g/mol. The number of aliphatic carboxylic acids is 2. The number of hydrogen-bond donors (Lipinski definition) is 3. The topological polar surface area (TPSA) is 121 Å².